The van der Waals surface area contributed by atoms with Crippen LogP contribution in [0.15, 0.2) is 125 Å². The van der Waals surface area contributed by atoms with Crippen molar-refractivity contribution in [1.82, 2.24) is 9.55 Å². The van der Waals surface area contributed by atoms with Crippen LogP contribution in [0.1, 0.15) is 71.4 Å². The van der Waals surface area contributed by atoms with Crippen molar-refractivity contribution >= 4 is 50.6 Å². The molecule has 2 aromatic heterocycles. The zero-order chi connectivity index (χ0) is 35.4. The van der Waals surface area contributed by atoms with Crippen molar-refractivity contribution in [2.75, 3.05) is 16.5 Å². The topological polar surface area (TPSA) is 24.3 Å². The van der Waals surface area contributed by atoms with Crippen molar-refractivity contribution in [3.8, 4) is 16.9 Å². The molecule has 0 bridgehead atoms. The van der Waals surface area contributed by atoms with Crippen LogP contribution in [-0.2, 0) is 21.1 Å². The van der Waals surface area contributed by atoms with Crippen LogP contribution in [0.3, 0.4) is 0 Å². The van der Waals surface area contributed by atoms with Crippen molar-refractivity contribution in [2.45, 2.75) is 75.6 Å². The number of hydrogen-bond acceptors (Lipinski definition) is 4. The SMILES string of the molecule is CC(C)c1cccc(C(C)C)c1-c1ccnc(-n2c3[c-]c(Sc4[c-]c(N5CN(C(C)(C)C)c6ccccc65)ccc4)ccc3c3ccccc32)c1.[Pt+2]. The molecule has 52 heavy (non-hydrogen) atoms. The van der Waals surface area contributed by atoms with E-state index in [9.17, 15) is 0 Å². The Kier molecular flexibility index (Phi) is 9.89. The van der Waals surface area contributed by atoms with Gasteiger partial charge >= 0.3 is 21.1 Å². The number of aromatic nitrogens is 2. The molecule has 0 saturated heterocycles. The molecule has 0 atom stereocenters. The van der Waals surface area contributed by atoms with E-state index in [-0.39, 0.29) is 26.6 Å². The second-order valence-corrected chi connectivity index (χ2v) is 16.2. The maximum atomic E-state index is 4.99. The van der Waals surface area contributed by atoms with E-state index in [0.717, 1.165) is 39.0 Å². The van der Waals surface area contributed by atoms with Gasteiger partial charge in [0, 0.05) is 17.3 Å². The second-order valence-electron chi connectivity index (χ2n) is 15.1. The van der Waals surface area contributed by atoms with Crippen LogP contribution < -0.4 is 9.80 Å². The molecule has 0 fully saturated rings. The summed E-state index contributed by atoms with van der Waals surface area (Å²) in [6.45, 7) is 16.7. The normalized spacial score (nSPS) is 13.0. The average Bonchev–Trinajstić information content (AvgIpc) is 3.68. The molecule has 5 aromatic carbocycles. The number of hydrogen-bond donors (Lipinski definition) is 0. The van der Waals surface area contributed by atoms with Gasteiger partial charge in [-0.15, -0.1) is 45.1 Å². The maximum Gasteiger partial charge on any atom is 2.00 e. The molecule has 1 aliphatic rings. The second kappa shape index (κ2) is 14.3. The van der Waals surface area contributed by atoms with Crippen LogP contribution in [0.5, 0.6) is 0 Å². The maximum absolute atomic E-state index is 4.99. The van der Waals surface area contributed by atoms with Crippen molar-refractivity contribution in [2.24, 2.45) is 0 Å². The number of rotatable bonds is 7. The molecule has 6 heteroatoms. The fourth-order valence-electron chi connectivity index (χ4n) is 7.52. The molecule has 0 saturated carbocycles. The summed E-state index contributed by atoms with van der Waals surface area (Å²) in [5, 5.41) is 2.36. The fraction of sp³-hybridized carbons (Fsp3) is 0.239. The van der Waals surface area contributed by atoms with Gasteiger partial charge in [0.15, 0.2) is 0 Å². The summed E-state index contributed by atoms with van der Waals surface area (Å²) in [7, 11) is 0. The third kappa shape index (κ3) is 6.48. The zero-order valence-corrected chi connectivity index (χ0v) is 33.9. The van der Waals surface area contributed by atoms with Gasteiger partial charge in [0.05, 0.1) is 18.0 Å². The Hall–Kier alpha value is -4.31. The van der Waals surface area contributed by atoms with Gasteiger partial charge in [-0.1, -0.05) is 87.4 Å². The predicted molar refractivity (Wildman–Crippen MR) is 216 cm³/mol. The number of anilines is 3. The molecule has 1 aliphatic heterocycles. The largest absolute Gasteiger partial charge is 2.00 e. The summed E-state index contributed by atoms with van der Waals surface area (Å²) in [5.74, 6) is 1.71. The van der Waals surface area contributed by atoms with E-state index in [1.54, 1.807) is 11.8 Å². The average molecular weight is 880 g/mol. The van der Waals surface area contributed by atoms with Gasteiger partial charge in [-0.25, -0.2) is 4.98 Å². The summed E-state index contributed by atoms with van der Waals surface area (Å²) in [6, 6.07) is 46.9. The van der Waals surface area contributed by atoms with Crippen LogP contribution in [0, 0.1) is 12.1 Å². The molecule has 0 N–H and O–H groups in total. The van der Waals surface area contributed by atoms with Crippen molar-refractivity contribution in [3.63, 3.8) is 0 Å². The molecular weight excluding hydrogens is 836 g/mol. The van der Waals surface area contributed by atoms with E-state index in [4.69, 9.17) is 4.98 Å². The van der Waals surface area contributed by atoms with Crippen LogP contribution in [0.4, 0.5) is 17.1 Å². The molecule has 7 aromatic rings. The molecule has 3 heterocycles. The van der Waals surface area contributed by atoms with Crippen LogP contribution in [0.25, 0.3) is 38.8 Å². The Labute approximate surface area is 327 Å². The summed E-state index contributed by atoms with van der Waals surface area (Å²) in [4.78, 5) is 11.9. The van der Waals surface area contributed by atoms with Crippen LogP contribution >= 0.6 is 11.8 Å². The first-order valence-electron chi connectivity index (χ1n) is 18.0. The van der Waals surface area contributed by atoms with Gasteiger partial charge in [0.25, 0.3) is 0 Å². The van der Waals surface area contributed by atoms with E-state index in [0.29, 0.717) is 11.8 Å². The standard InChI is InChI=1S/C46H44N4S.Pt/c1-30(2)36-17-13-18-37(31(3)4)45(36)32-24-25-47-44(26-32)50-40-19-9-8-16-38(40)39-23-22-35(28-43(39)50)51-34-15-12-14-33(27-34)48-29-49(46(5,6)7)42-21-11-10-20-41(42)48;/h8-26,30-31H,29H2,1-7H3;/q-2;+2. The molecular formula is C46H44N4PtS. The monoisotopic (exact) mass is 879 g/mol. The quantitative estimate of drug-likeness (QED) is 0.149. The summed E-state index contributed by atoms with van der Waals surface area (Å²) >= 11 is 1.70. The first kappa shape index (κ1) is 36.1. The van der Waals surface area contributed by atoms with Crippen molar-refractivity contribution in [3.05, 3.63) is 139 Å². The number of pyridine rings is 1. The molecule has 4 nitrogen and oxygen atoms in total. The van der Waals surface area contributed by atoms with Crippen molar-refractivity contribution in [1.29, 1.82) is 0 Å². The molecule has 0 aliphatic carbocycles. The van der Waals surface area contributed by atoms with Gasteiger partial charge in [-0.05, 0) is 90.6 Å². The zero-order valence-electron chi connectivity index (χ0n) is 30.8. The minimum atomic E-state index is 0. The number of fused-ring (bicyclic) bond motifs is 4. The van der Waals surface area contributed by atoms with E-state index >= 15 is 0 Å². The minimum Gasteiger partial charge on any atom is -0.347 e. The molecule has 8 rings (SSSR count). The molecule has 0 unspecified atom stereocenters. The van der Waals surface area contributed by atoms with Crippen molar-refractivity contribution < 1.29 is 21.1 Å². The Morgan fingerprint density at radius 1 is 0.692 bits per heavy atom. The third-order valence-corrected chi connectivity index (χ3v) is 10.9. The van der Waals surface area contributed by atoms with Gasteiger partial charge in [-0.3, -0.25) is 0 Å². The van der Waals surface area contributed by atoms with Crippen LogP contribution in [0.2, 0.25) is 0 Å². The molecule has 264 valence electrons. The molecule has 0 radical (unpaired) electrons. The molecule has 0 spiro atoms. The molecule has 0 amide bonds. The predicted octanol–water partition coefficient (Wildman–Crippen LogP) is 12.6. The summed E-state index contributed by atoms with van der Waals surface area (Å²) < 4.78 is 2.29. The minimum absolute atomic E-state index is 0. The van der Waals surface area contributed by atoms with E-state index in [1.807, 2.05) is 6.20 Å². The first-order valence-corrected chi connectivity index (χ1v) is 18.8. The summed E-state index contributed by atoms with van der Waals surface area (Å²) in [6.07, 6.45) is 1.96. The van der Waals surface area contributed by atoms with Gasteiger partial charge < -0.3 is 14.4 Å². The smallest absolute Gasteiger partial charge is 0.347 e. The Bertz CT molecular complexity index is 2380. The van der Waals surface area contributed by atoms with Gasteiger partial charge in [-0.2, -0.15) is 24.3 Å². The Balaban J connectivity index is 0.00000420. The number of benzene rings is 5. The fourth-order valence-corrected chi connectivity index (χ4v) is 8.34. The van der Waals surface area contributed by atoms with Gasteiger partial charge in [0.1, 0.15) is 5.82 Å². The third-order valence-electron chi connectivity index (χ3n) is 10.0. The van der Waals surface area contributed by atoms with E-state index in [1.165, 1.54) is 44.4 Å². The van der Waals surface area contributed by atoms with Crippen LogP contribution in [-0.4, -0.2) is 21.8 Å². The Morgan fingerprint density at radius 2 is 1.37 bits per heavy atom. The summed E-state index contributed by atoms with van der Waals surface area (Å²) in [5.41, 5.74) is 11.0. The Morgan fingerprint density at radius 3 is 2.10 bits per heavy atom. The number of nitrogens with zero attached hydrogens (tertiary/aromatic N) is 4. The first-order chi connectivity index (χ1) is 24.6. The van der Waals surface area contributed by atoms with E-state index in [2.05, 4.69) is 184 Å². The number of para-hydroxylation sites is 3. The van der Waals surface area contributed by atoms with Gasteiger partial charge in [0.2, 0.25) is 0 Å². The van der Waals surface area contributed by atoms with E-state index < -0.39 is 0 Å².